The zero-order chi connectivity index (χ0) is 22.8. The molecule has 164 valence electrons. The van der Waals surface area contributed by atoms with Crippen LogP contribution in [0.3, 0.4) is 0 Å². The Bertz CT molecular complexity index is 1180. The van der Waals surface area contributed by atoms with E-state index >= 15 is 0 Å². The number of hydrogen-bond acceptors (Lipinski definition) is 5. The van der Waals surface area contributed by atoms with Crippen molar-refractivity contribution in [3.05, 3.63) is 72.4 Å². The van der Waals surface area contributed by atoms with Gasteiger partial charge in [-0.15, -0.1) is 0 Å². The minimum atomic E-state index is -4.05. The lowest BCUT2D eigenvalue weighted by atomic mass is 10.1. The molecule has 9 heteroatoms. The molecule has 31 heavy (non-hydrogen) atoms. The molecule has 2 aromatic heterocycles. The molecule has 1 aromatic carbocycles. The third-order valence-electron chi connectivity index (χ3n) is 4.31. The lowest BCUT2D eigenvalue weighted by Crippen LogP contribution is -2.33. The number of nitrogens with zero attached hydrogens (tertiary/aromatic N) is 3. The third kappa shape index (κ3) is 5.11. The lowest BCUT2D eigenvalue weighted by Gasteiger charge is -2.24. The average Bonchev–Trinajstić information content (AvgIpc) is 3.12. The molecule has 0 aliphatic heterocycles. The molecule has 0 N–H and O–H groups in total. The Morgan fingerprint density at radius 1 is 1.19 bits per heavy atom. The second-order valence-corrected chi connectivity index (χ2v) is 9.85. The van der Waals surface area contributed by atoms with Crippen LogP contribution in [0.2, 0.25) is 0 Å². The fourth-order valence-corrected chi connectivity index (χ4v) is 4.29. The van der Waals surface area contributed by atoms with Crippen LogP contribution in [0, 0.1) is 5.82 Å². The Hall–Kier alpha value is -3.20. The van der Waals surface area contributed by atoms with E-state index in [0.29, 0.717) is 5.56 Å². The Balaban J connectivity index is 2.05. The van der Waals surface area contributed by atoms with E-state index in [-0.39, 0.29) is 22.7 Å². The summed E-state index contributed by atoms with van der Waals surface area (Å²) in [5.41, 5.74) is 0.106. The molecule has 0 spiro atoms. The van der Waals surface area contributed by atoms with Crippen molar-refractivity contribution < 1.29 is 22.3 Å². The lowest BCUT2D eigenvalue weighted by molar-refractivity contribution is 0.0285. The molecule has 0 radical (unpaired) electrons. The topological polar surface area (TPSA) is 81.5 Å². The Morgan fingerprint density at radius 2 is 1.90 bits per heavy atom. The molecule has 3 aromatic rings. The fraction of sp³-hybridized carbons (Fsp3) is 0.273. The summed E-state index contributed by atoms with van der Waals surface area (Å²) in [6.07, 6.45) is 3.52. The van der Waals surface area contributed by atoms with E-state index in [1.807, 2.05) is 0 Å². The number of carbonyl (C=O) groups is 1. The molecular formula is C22H24FN3O4S. The van der Waals surface area contributed by atoms with Crippen molar-refractivity contribution in [1.29, 1.82) is 0 Å². The quantitative estimate of drug-likeness (QED) is 0.585. The monoisotopic (exact) mass is 445 g/mol. The average molecular weight is 446 g/mol. The van der Waals surface area contributed by atoms with Crippen molar-refractivity contribution in [3.63, 3.8) is 0 Å². The molecule has 0 saturated carbocycles. The summed E-state index contributed by atoms with van der Waals surface area (Å²) < 4.78 is 47.4. The van der Waals surface area contributed by atoms with E-state index in [9.17, 15) is 17.6 Å². The van der Waals surface area contributed by atoms with Gasteiger partial charge in [0.25, 0.3) is 10.0 Å². The fourth-order valence-electron chi connectivity index (χ4n) is 2.94. The molecule has 0 bridgehead atoms. The van der Waals surface area contributed by atoms with E-state index in [1.165, 1.54) is 53.8 Å². The molecule has 0 aliphatic rings. The van der Waals surface area contributed by atoms with E-state index < -0.39 is 27.5 Å². The van der Waals surface area contributed by atoms with Crippen molar-refractivity contribution in [2.45, 2.75) is 37.8 Å². The second kappa shape index (κ2) is 8.50. The maximum Gasteiger partial charge on any atom is 0.410 e. The van der Waals surface area contributed by atoms with Crippen molar-refractivity contribution in [2.24, 2.45) is 0 Å². The summed E-state index contributed by atoms with van der Waals surface area (Å²) in [5, 5.41) is 0. The van der Waals surface area contributed by atoms with E-state index in [1.54, 1.807) is 40.0 Å². The van der Waals surface area contributed by atoms with Gasteiger partial charge in [-0.2, -0.15) is 0 Å². The maximum atomic E-state index is 14.5. The number of pyridine rings is 1. The van der Waals surface area contributed by atoms with Crippen LogP contribution < -0.4 is 0 Å². The molecule has 0 fully saturated rings. The zero-order valence-corrected chi connectivity index (χ0v) is 18.6. The molecule has 1 amide bonds. The van der Waals surface area contributed by atoms with E-state index in [0.717, 1.165) is 3.97 Å². The first-order valence-electron chi connectivity index (χ1n) is 9.55. The smallest absolute Gasteiger partial charge is 0.410 e. The molecule has 0 saturated heterocycles. The van der Waals surface area contributed by atoms with Crippen molar-refractivity contribution in [3.8, 4) is 11.3 Å². The highest BCUT2D eigenvalue weighted by atomic mass is 32.2. The molecule has 7 nitrogen and oxygen atoms in total. The van der Waals surface area contributed by atoms with Gasteiger partial charge in [0.2, 0.25) is 0 Å². The first kappa shape index (κ1) is 22.5. The Labute approximate surface area is 181 Å². The van der Waals surface area contributed by atoms with Gasteiger partial charge >= 0.3 is 6.09 Å². The largest absolute Gasteiger partial charge is 0.444 e. The number of hydrogen-bond donors (Lipinski definition) is 0. The van der Waals surface area contributed by atoms with Crippen LogP contribution in [0.15, 0.2) is 66.0 Å². The summed E-state index contributed by atoms with van der Waals surface area (Å²) in [6, 6.07) is 10.4. The van der Waals surface area contributed by atoms with Crippen LogP contribution in [0.5, 0.6) is 0 Å². The van der Waals surface area contributed by atoms with Crippen LogP contribution in [0.4, 0.5) is 9.18 Å². The maximum absolute atomic E-state index is 14.5. The van der Waals surface area contributed by atoms with Crippen molar-refractivity contribution >= 4 is 16.1 Å². The molecule has 0 atom stereocenters. The third-order valence-corrected chi connectivity index (χ3v) is 5.97. The second-order valence-electron chi connectivity index (χ2n) is 8.04. The number of benzene rings is 1. The Morgan fingerprint density at radius 3 is 2.52 bits per heavy atom. The molecule has 2 heterocycles. The SMILES string of the molecule is CN(Cc1cc(-c2ccccc2F)n(S(=O)(=O)c2cccnc2)c1)C(=O)OC(C)(C)C. The summed E-state index contributed by atoms with van der Waals surface area (Å²) in [7, 11) is -2.50. The van der Waals surface area contributed by atoms with E-state index in [2.05, 4.69) is 4.98 Å². The normalized spacial score (nSPS) is 11.9. The highest BCUT2D eigenvalue weighted by Crippen LogP contribution is 2.29. The van der Waals surface area contributed by atoms with Gasteiger partial charge < -0.3 is 9.64 Å². The minimum absolute atomic E-state index is 0.0322. The van der Waals surface area contributed by atoms with Gasteiger partial charge in [-0.25, -0.2) is 21.6 Å². The number of carbonyl (C=O) groups excluding carboxylic acids is 1. The van der Waals surface area contributed by atoms with Crippen molar-refractivity contribution in [2.75, 3.05) is 7.05 Å². The zero-order valence-electron chi connectivity index (χ0n) is 17.7. The Kier molecular flexibility index (Phi) is 6.17. The van der Waals surface area contributed by atoms with Gasteiger partial charge in [-0.05, 0) is 56.7 Å². The highest BCUT2D eigenvalue weighted by molar-refractivity contribution is 7.90. The van der Waals surface area contributed by atoms with Crippen LogP contribution in [0.25, 0.3) is 11.3 Å². The van der Waals surface area contributed by atoms with Gasteiger partial charge in [0, 0.05) is 31.2 Å². The minimum Gasteiger partial charge on any atom is -0.444 e. The number of halogens is 1. The van der Waals surface area contributed by atoms with Gasteiger partial charge in [0.1, 0.15) is 16.3 Å². The predicted octanol–water partition coefficient (Wildman–Crippen LogP) is 4.29. The number of amides is 1. The number of ether oxygens (including phenoxy) is 1. The molecule has 0 aliphatic carbocycles. The number of rotatable bonds is 5. The van der Waals surface area contributed by atoms with Crippen molar-refractivity contribution in [1.82, 2.24) is 13.9 Å². The first-order valence-corrected chi connectivity index (χ1v) is 11.0. The van der Waals surface area contributed by atoms with Crippen LogP contribution in [-0.2, 0) is 21.3 Å². The summed E-state index contributed by atoms with van der Waals surface area (Å²) in [4.78, 5) is 17.5. The van der Waals surface area contributed by atoms with Gasteiger partial charge in [-0.1, -0.05) is 12.1 Å². The summed E-state index contributed by atoms with van der Waals surface area (Å²) in [6.45, 7) is 5.34. The van der Waals surface area contributed by atoms with Gasteiger partial charge in [0.05, 0.1) is 12.2 Å². The summed E-state index contributed by atoms with van der Waals surface area (Å²) >= 11 is 0. The molecule has 0 unspecified atom stereocenters. The molecule has 3 rings (SSSR count). The van der Waals surface area contributed by atoms with Gasteiger partial charge in [-0.3, -0.25) is 4.98 Å². The van der Waals surface area contributed by atoms with Crippen LogP contribution in [0.1, 0.15) is 26.3 Å². The van der Waals surface area contributed by atoms with Crippen LogP contribution >= 0.6 is 0 Å². The van der Waals surface area contributed by atoms with E-state index in [4.69, 9.17) is 4.74 Å². The van der Waals surface area contributed by atoms with Crippen LogP contribution in [-0.4, -0.2) is 41.0 Å². The van der Waals surface area contributed by atoms with Gasteiger partial charge in [0.15, 0.2) is 0 Å². The molecular weight excluding hydrogens is 421 g/mol. The number of aromatic nitrogens is 2. The summed E-state index contributed by atoms with van der Waals surface area (Å²) in [5.74, 6) is -0.560. The highest BCUT2D eigenvalue weighted by Gasteiger charge is 2.25. The standard InChI is InChI=1S/C22H24FN3O4S/c1-22(2,3)30-21(27)25(4)14-16-12-20(18-9-5-6-10-19(18)23)26(15-16)31(28,29)17-8-7-11-24-13-17/h5-13,15H,14H2,1-4H3. The predicted molar refractivity (Wildman–Crippen MR) is 114 cm³/mol. The first-order chi connectivity index (χ1) is 14.5.